The van der Waals surface area contributed by atoms with Crippen LogP contribution in [-0.4, -0.2) is 5.91 Å². The molecule has 0 aliphatic heterocycles. The number of carbonyl (C=O) groups is 1. The van der Waals surface area contributed by atoms with Crippen LogP contribution in [0.4, 0.5) is 0 Å². The van der Waals surface area contributed by atoms with Crippen molar-refractivity contribution in [2.24, 2.45) is 11.1 Å². The van der Waals surface area contributed by atoms with Gasteiger partial charge in [-0.1, -0.05) is 26.8 Å². The van der Waals surface area contributed by atoms with Crippen molar-refractivity contribution < 1.29 is 4.79 Å². The molecule has 0 spiro atoms. The highest BCUT2D eigenvalue weighted by Gasteiger charge is 2.07. The molecule has 0 unspecified atom stereocenters. The first-order valence-electron chi connectivity index (χ1n) is 3.32. The van der Waals surface area contributed by atoms with Gasteiger partial charge in [0.05, 0.1) is 0 Å². The fourth-order valence-corrected chi connectivity index (χ4v) is 0.721. The molecule has 1 amide bonds. The maximum atomic E-state index is 10.5. The summed E-state index contributed by atoms with van der Waals surface area (Å²) >= 11 is 0. The monoisotopic (exact) mass is 221 g/mol. The Morgan fingerprint density at radius 2 is 1.73 bits per heavy atom. The van der Waals surface area contributed by atoms with Crippen molar-refractivity contribution in [1.29, 1.82) is 0 Å². The average Bonchev–Trinajstić information content (AvgIpc) is 1.60. The van der Waals surface area contributed by atoms with Crippen LogP contribution in [0.3, 0.4) is 0 Å². The molecule has 0 aromatic rings. The highest BCUT2D eigenvalue weighted by Crippen LogP contribution is 2.16. The normalized spacial score (nSPS) is 12.2. The van der Waals surface area contributed by atoms with Gasteiger partial charge in [0.2, 0.25) is 5.91 Å². The fraction of sp³-hybridized carbons (Fsp3) is 0.625. The van der Waals surface area contributed by atoms with Gasteiger partial charge in [-0.15, -0.1) is 17.0 Å². The van der Waals surface area contributed by atoms with E-state index in [0.717, 1.165) is 0 Å². The molecule has 3 heteroatoms. The topological polar surface area (TPSA) is 43.1 Å². The second-order valence-corrected chi connectivity index (χ2v) is 3.56. The van der Waals surface area contributed by atoms with E-state index >= 15 is 0 Å². The molecule has 0 bridgehead atoms. The number of hydrogen-bond donors (Lipinski definition) is 1. The number of allylic oxidation sites excluding steroid dienone is 1. The minimum absolute atomic E-state index is 0. The summed E-state index contributed by atoms with van der Waals surface area (Å²) in [5, 5.41) is 0. The molecule has 0 aromatic heterocycles. The molecule has 2 nitrogen and oxygen atoms in total. The SMILES string of the molecule is Br.CC(=CC(C)(C)C)C(N)=O. The minimum atomic E-state index is -0.338. The molecule has 0 rings (SSSR count). The lowest BCUT2D eigenvalue weighted by Gasteiger charge is -2.12. The minimum Gasteiger partial charge on any atom is -0.366 e. The van der Waals surface area contributed by atoms with Crippen LogP contribution in [0.5, 0.6) is 0 Å². The summed E-state index contributed by atoms with van der Waals surface area (Å²) in [5.74, 6) is -0.338. The molecule has 0 saturated carbocycles. The van der Waals surface area contributed by atoms with Crippen LogP contribution in [-0.2, 0) is 4.79 Å². The van der Waals surface area contributed by atoms with Crippen molar-refractivity contribution in [1.82, 2.24) is 0 Å². The van der Waals surface area contributed by atoms with Gasteiger partial charge in [-0.25, -0.2) is 0 Å². The summed E-state index contributed by atoms with van der Waals surface area (Å²) in [6.07, 6.45) is 1.87. The van der Waals surface area contributed by atoms with Gasteiger partial charge in [0, 0.05) is 5.57 Å². The molecule has 0 heterocycles. The predicted molar refractivity (Wildman–Crippen MR) is 52.7 cm³/mol. The number of rotatable bonds is 1. The van der Waals surface area contributed by atoms with Gasteiger partial charge in [-0.3, -0.25) is 4.79 Å². The Morgan fingerprint density at radius 1 is 1.36 bits per heavy atom. The zero-order valence-corrected chi connectivity index (χ0v) is 9.18. The second-order valence-electron chi connectivity index (χ2n) is 3.56. The summed E-state index contributed by atoms with van der Waals surface area (Å²) in [7, 11) is 0. The largest absolute Gasteiger partial charge is 0.366 e. The lowest BCUT2D eigenvalue weighted by atomic mass is 9.94. The lowest BCUT2D eigenvalue weighted by Crippen LogP contribution is -2.14. The molecule has 2 N–H and O–H groups in total. The Labute approximate surface area is 78.6 Å². The molecule has 0 fully saturated rings. The highest BCUT2D eigenvalue weighted by molar-refractivity contribution is 8.93. The van der Waals surface area contributed by atoms with E-state index in [1.165, 1.54) is 0 Å². The number of carbonyl (C=O) groups excluding carboxylic acids is 1. The molecule has 0 atom stereocenters. The van der Waals surface area contributed by atoms with E-state index < -0.39 is 0 Å². The van der Waals surface area contributed by atoms with E-state index in [1.807, 2.05) is 26.8 Å². The van der Waals surface area contributed by atoms with E-state index in [2.05, 4.69) is 0 Å². The molecular formula is C8H16BrNO. The van der Waals surface area contributed by atoms with Crippen LogP contribution in [0.15, 0.2) is 11.6 Å². The van der Waals surface area contributed by atoms with Gasteiger partial charge in [0.1, 0.15) is 0 Å². The van der Waals surface area contributed by atoms with Crippen LogP contribution in [0, 0.1) is 5.41 Å². The predicted octanol–water partition coefficient (Wildman–Crippen LogP) is 2.04. The first-order valence-corrected chi connectivity index (χ1v) is 3.32. The first kappa shape index (κ1) is 13.3. The Bertz CT molecular complexity index is 167. The number of hydrogen-bond acceptors (Lipinski definition) is 1. The van der Waals surface area contributed by atoms with Crippen molar-refractivity contribution in [2.45, 2.75) is 27.7 Å². The number of primary amides is 1. The molecule has 0 radical (unpaired) electrons. The van der Waals surface area contributed by atoms with Crippen LogP contribution in [0.25, 0.3) is 0 Å². The van der Waals surface area contributed by atoms with Crippen molar-refractivity contribution in [3.05, 3.63) is 11.6 Å². The second kappa shape index (κ2) is 4.54. The maximum absolute atomic E-state index is 10.5. The number of amides is 1. The van der Waals surface area contributed by atoms with Crippen LogP contribution in [0.2, 0.25) is 0 Å². The van der Waals surface area contributed by atoms with E-state index in [4.69, 9.17) is 5.73 Å². The average molecular weight is 222 g/mol. The molecule has 0 aliphatic rings. The molecule has 66 valence electrons. The standard InChI is InChI=1S/C8H15NO.BrH/c1-6(7(9)10)5-8(2,3)4;/h5H,1-4H3,(H2,9,10);1H. The van der Waals surface area contributed by atoms with E-state index in [0.29, 0.717) is 5.57 Å². The van der Waals surface area contributed by atoms with Crippen LogP contribution < -0.4 is 5.73 Å². The van der Waals surface area contributed by atoms with Crippen molar-refractivity contribution in [2.75, 3.05) is 0 Å². The van der Waals surface area contributed by atoms with E-state index in [-0.39, 0.29) is 28.3 Å². The van der Waals surface area contributed by atoms with E-state index in [9.17, 15) is 4.79 Å². The maximum Gasteiger partial charge on any atom is 0.244 e. The zero-order chi connectivity index (χ0) is 8.36. The zero-order valence-electron chi connectivity index (χ0n) is 7.47. The summed E-state index contributed by atoms with van der Waals surface area (Å²) in [6, 6.07) is 0. The summed E-state index contributed by atoms with van der Waals surface area (Å²) in [5.41, 5.74) is 5.71. The van der Waals surface area contributed by atoms with Gasteiger partial charge in [-0.2, -0.15) is 0 Å². The quantitative estimate of drug-likeness (QED) is 0.678. The number of halogens is 1. The highest BCUT2D eigenvalue weighted by atomic mass is 79.9. The Hall–Kier alpha value is -0.310. The molecule has 0 aromatic carbocycles. The van der Waals surface area contributed by atoms with E-state index in [1.54, 1.807) is 6.92 Å². The Kier molecular flexibility index (Phi) is 5.49. The van der Waals surface area contributed by atoms with Crippen LogP contribution >= 0.6 is 17.0 Å². The van der Waals surface area contributed by atoms with Crippen molar-refractivity contribution in [3.63, 3.8) is 0 Å². The van der Waals surface area contributed by atoms with Crippen molar-refractivity contribution >= 4 is 22.9 Å². The third-order valence-corrected chi connectivity index (χ3v) is 1.04. The van der Waals surface area contributed by atoms with Gasteiger partial charge < -0.3 is 5.73 Å². The molecule has 11 heavy (non-hydrogen) atoms. The van der Waals surface area contributed by atoms with Gasteiger partial charge >= 0.3 is 0 Å². The fourth-order valence-electron chi connectivity index (χ4n) is 0.721. The lowest BCUT2D eigenvalue weighted by molar-refractivity contribution is -0.114. The first-order chi connectivity index (χ1) is 4.33. The Balaban J connectivity index is 0. The Morgan fingerprint density at radius 3 is 1.82 bits per heavy atom. The third-order valence-electron chi connectivity index (χ3n) is 1.04. The summed E-state index contributed by atoms with van der Waals surface area (Å²) < 4.78 is 0. The molecule has 0 saturated heterocycles. The van der Waals surface area contributed by atoms with Gasteiger partial charge in [0.25, 0.3) is 0 Å². The molecular weight excluding hydrogens is 206 g/mol. The van der Waals surface area contributed by atoms with Crippen LogP contribution in [0.1, 0.15) is 27.7 Å². The smallest absolute Gasteiger partial charge is 0.244 e. The van der Waals surface area contributed by atoms with Gasteiger partial charge in [0.15, 0.2) is 0 Å². The number of nitrogens with two attached hydrogens (primary N) is 1. The summed E-state index contributed by atoms with van der Waals surface area (Å²) in [6.45, 7) is 7.81. The third kappa shape index (κ3) is 7.59. The van der Waals surface area contributed by atoms with Gasteiger partial charge in [-0.05, 0) is 12.3 Å². The van der Waals surface area contributed by atoms with Crippen molar-refractivity contribution in [3.8, 4) is 0 Å². The summed E-state index contributed by atoms with van der Waals surface area (Å²) in [4.78, 5) is 10.5. The molecule has 0 aliphatic carbocycles.